The third-order valence-electron chi connectivity index (χ3n) is 8.39. The number of cyclic esters (lactones) is 1. The van der Waals surface area contributed by atoms with Gasteiger partial charge in [-0.2, -0.15) is 0 Å². The molecule has 1 amide bonds. The summed E-state index contributed by atoms with van der Waals surface area (Å²) in [6.45, 7) is 12.6. The minimum Gasteiger partial charge on any atom is -0.481 e. The highest BCUT2D eigenvalue weighted by atomic mass is 16.6. The third-order valence-corrected chi connectivity index (χ3v) is 8.39. The van der Waals surface area contributed by atoms with Crippen LogP contribution in [0.5, 0.6) is 0 Å². The van der Waals surface area contributed by atoms with Gasteiger partial charge in [0.15, 0.2) is 6.23 Å². The van der Waals surface area contributed by atoms with Crippen LogP contribution in [0.1, 0.15) is 58.3 Å². The van der Waals surface area contributed by atoms with E-state index in [9.17, 15) is 9.59 Å². The van der Waals surface area contributed by atoms with Crippen LogP contribution in [0.2, 0.25) is 0 Å². The molecule has 4 rings (SSSR count). The quantitative estimate of drug-likeness (QED) is 0.477. The fourth-order valence-electron chi connectivity index (χ4n) is 6.18. The smallest absolute Gasteiger partial charge is 0.411 e. The molecule has 0 aromatic rings. The Bertz CT molecular complexity index is 658. The first-order valence-corrected chi connectivity index (χ1v) is 13.6. The predicted molar refractivity (Wildman–Crippen MR) is 131 cm³/mol. The summed E-state index contributed by atoms with van der Waals surface area (Å²) >= 11 is 0. The van der Waals surface area contributed by atoms with E-state index in [0.717, 1.165) is 58.2 Å². The number of ether oxygens (including phenoxy) is 1. The molecule has 3 saturated heterocycles. The van der Waals surface area contributed by atoms with Crippen molar-refractivity contribution in [2.24, 2.45) is 0 Å². The van der Waals surface area contributed by atoms with E-state index < -0.39 is 5.97 Å². The lowest BCUT2D eigenvalue weighted by Gasteiger charge is -2.40. The molecule has 2 unspecified atom stereocenters. The zero-order valence-electron chi connectivity index (χ0n) is 21.1. The Labute approximate surface area is 205 Å². The van der Waals surface area contributed by atoms with E-state index in [1.54, 1.807) is 0 Å². The third kappa shape index (κ3) is 6.83. The molecule has 4 aliphatic rings. The highest BCUT2D eigenvalue weighted by Gasteiger charge is 2.42. The lowest BCUT2D eigenvalue weighted by atomic mass is 9.94. The summed E-state index contributed by atoms with van der Waals surface area (Å²) < 4.78 is 5.76. The first-order chi connectivity index (χ1) is 16.5. The highest BCUT2D eigenvalue weighted by Crippen LogP contribution is 2.25. The van der Waals surface area contributed by atoms with E-state index in [1.165, 1.54) is 58.3 Å². The van der Waals surface area contributed by atoms with Crippen molar-refractivity contribution in [3.05, 3.63) is 0 Å². The molecule has 0 aromatic heterocycles. The Kier molecular flexibility index (Phi) is 9.45. The molecule has 4 fully saturated rings. The van der Waals surface area contributed by atoms with Crippen LogP contribution in [-0.4, -0.2) is 132 Å². The first-order valence-electron chi connectivity index (χ1n) is 13.6. The Morgan fingerprint density at radius 2 is 1.44 bits per heavy atom. The van der Waals surface area contributed by atoms with E-state index in [2.05, 4.69) is 26.5 Å². The molecule has 0 radical (unpaired) electrons. The molecule has 34 heavy (non-hydrogen) atoms. The van der Waals surface area contributed by atoms with E-state index in [0.29, 0.717) is 6.54 Å². The Hall–Kier alpha value is -1.42. The molecular weight excluding hydrogens is 434 g/mol. The summed E-state index contributed by atoms with van der Waals surface area (Å²) in [5.74, 6) is -0.752. The molecule has 0 aromatic carbocycles. The molecule has 0 spiro atoms. The molecule has 1 aliphatic carbocycles. The van der Waals surface area contributed by atoms with Gasteiger partial charge in [0.1, 0.15) is 0 Å². The van der Waals surface area contributed by atoms with Crippen molar-refractivity contribution in [1.82, 2.24) is 24.5 Å². The zero-order chi connectivity index (χ0) is 23.9. The first kappa shape index (κ1) is 25.7. The van der Waals surface area contributed by atoms with Gasteiger partial charge < -0.3 is 24.5 Å². The van der Waals surface area contributed by atoms with Crippen molar-refractivity contribution >= 4 is 12.1 Å². The van der Waals surface area contributed by atoms with Gasteiger partial charge in [0.2, 0.25) is 0 Å². The van der Waals surface area contributed by atoms with Crippen LogP contribution < -0.4 is 0 Å². The zero-order valence-corrected chi connectivity index (χ0v) is 21.1. The maximum Gasteiger partial charge on any atom is 0.411 e. The minimum atomic E-state index is -0.752. The van der Waals surface area contributed by atoms with Crippen LogP contribution in [0.4, 0.5) is 4.79 Å². The second kappa shape index (κ2) is 12.5. The van der Waals surface area contributed by atoms with Crippen molar-refractivity contribution in [2.45, 2.75) is 76.6 Å². The topological polar surface area (TPSA) is 79.8 Å². The van der Waals surface area contributed by atoms with Gasteiger partial charge in [-0.25, -0.2) is 4.79 Å². The van der Waals surface area contributed by atoms with Crippen LogP contribution in [0.25, 0.3) is 0 Å². The van der Waals surface area contributed by atoms with E-state index in [-0.39, 0.29) is 24.8 Å². The van der Waals surface area contributed by atoms with Crippen LogP contribution in [0, 0.1) is 0 Å². The number of carbonyl (C=O) groups is 2. The number of hydrogen-bond acceptors (Lipinski definition) is 7. The summed E-state index contributed by atoms with van der Waals surface area (Å²) in [7, 11) is 0. The summed E-state index contributed by atoms with van der Waals surface area (Å²) in [5, 5.41) is 8.88. The average Bonchev–Trinajstić information content (AvgIpc) is 3.15. The van der Waals surface area contributed by atoms with Crippen LogP contribution in [0.15, 0.2) is 0 Å². The van der Waals surface area contributed by atoms with Crippen LogP contribution in [-0.2, 0) is 9.53 Å². The van der Waals surface area contributed by atoms with Gasteiger partial charge in [-0.3, -0.25) is 14.6 Å². The maximum atomic E-state index is 12.5. The second-order valence-corrected chi connectivity index (χ2v) is 10.6. The molecule has 0 bridgehead atoms. The Morgan fingerprint density at radius 1 is 0.853 bits per heavy atom. The number of carboxylic acids is 1. The molecule has 3 heterocycles. The summed E-state index contributed by atoms with van der Waals surface area (Å²) in [6.07, 6.45) is 8.96. The molecule has 2 atom stereocenters. The lowest BCUT2D eigenvalue weighted by Crippen LogP contribution is -2.53. The summed E-state index contributed by atoms with van der Waals surface area (Å²) in [5.41, 5.74) is 0. The van der Waals surface area contributed by atoms with Gasteiger partial charge in [-0.1, -0.05) is 19.3 Å². The molecule has 3 aliphatic heterocycles. The Morgan fingerprint density at radius 3 is 2.09 bits per heavy atom. The van der Waals surface area contributed by atoms with E-state index >= 15 is 0 Å². The number of piperazine rings is 2. The molecule has 1 N–H and O–H groups in total. The van der Waals surface area contributed by atoms with Gasteiger partial charge in [0.25, 0.3) is 0 Å². The summed E-state index contributed by atoms with van der Waals surface area (Å²) in [4.78, 5) is 35.0. The number of carbonyl (C=O) groups excluding carboxylic acids is 1. The number of amides is 1. The minimum absolute atomic E-state index is 0.0529. The second-order valence-electron chi connectivity index (χ2n) is 10.6. The van der Waals surface area contributed by atoms with E-state index in [1.807, 2.05) is 4.90 Å². The average molecular weight is 480 g/mol. The van der Waals surface area contributed by atoms with Crippen molar-refractivity contribution in [2.75, 3.05) is 72.0 Å². The van der Waals surface area contributed by atoms with Gasteiger partial charge in [-0.05, 0) is 39.2 Å². The lowest BCUT2D eigenvalue weighted by molar-refractivity contribution is -0.137. The van der Waals surface area contributed by atoms with Crippen molar-refractivity contribution in [3.63, 3.8) is 0 Å². The Balaban J connectivity index is 1.11. The molecule has 194 valence electrons. The number of nitrogens with zero attached hydrogens (tertiary/aromatic N) is 5. The number of unbranched alkanes of at least 4 members (excludes halogenated alkanes) is 1. The molecule has 9 nitrogen and oxygen atoms in total. The normalized spacial score (nSPS) is 29.0. The monoisotopic (exact) mass is 479 g/mol. The van der Waals surface area contributed by atoms with Gasteiger partial charge >= 0.3 is 12.1 Å². The predicted octanol–water partition coefficient (Wildman–Crippen LogP) is 1.98. The SMILES string of the molecule is CC1C(N2CCN(CCC(=O)O)CC2)OC(=O)N1CCCCN1CCN(C2CCCCC2)CC1. The van der Waals surface area contributed by atoms with Crippen molar-refractivity contribution < 1.29 is 19.4 Å². The maximum absolute atomic E-state index is 12.5. The fourth-order valence-corrected chi connectivity index (χ4v) is 6.18. The van der Waals surface area contributed by atoms with Crippen LogP contribution >= 0.6 is 0 Å². The van der Waals surface area contributed by atoms with Gasteiger partial charge in [0, 0.05) is 71.5 Å². The summed E-state index contributed by atoms with van der Waals surface area (Å²) in [6, 6.07) is 0.885. The standard InChI is InChI=1S/C25H45N5O4/c1-21-24(29-19-15-27(16-20-29)12-9-23(31)32)34-25(33)30(21)11-6-5-10-26-13-17-28(18-14-26)22-7-3-2-4-8-22/h21-22,24H,2-20H2,1H3,(H,31,32). The van der Waals surface area contributed by atoms with Gasteiger partial charge in [-0.15, -0.1) is 0 Å². The van der Waals surface area contributed by atoms with Crippen LogP contribution in [0.3, 0.4) is 0 Å². The van der Waals surface area contributed by atoms with Crippen molar-refractivity contribution in [3.8, 4) is 0 Å². The number of rotatable bonds is 10. The number of hydrogen-bond donors (Lipinski definition) is 1. The largest absolute Gasteiger partial charge is 0.481 e. The van der Waals surface area contributed by atoms with E-state index in [4.69, 9.17) is 9.84 Å². The number of carboxylic acid groups (broad SMARTS) is 1. The molecule has 1 saturated carbocycles. The van der Waals surface area contributed by atoms with Crippen molar-refractivity contribution in [1.29, 1.82) is 0 Å². The highest BCUT2D eigenvalue weighted by molar-refractivity contribution is 5.70. The molecule has 9 heteroatoms. The van der Waals surface area contributed by atoms with Gasteiger partial charge in [0.05, 0.1) is 12.5 Å². The molecular formula is C25H45N5O4. The number of aliphatic carboxylic acids is 1. The fraction of sp³-hybridized carbons (Fsp3) is 0.920.